The fraction of sp³-hybridized carbons (Fsp3) is 0.556. The van der Waals surface area contributed by atoms with Crippen molar-refractivity contribution in [2.75, 3.05) is 25.1 Å². The average molecular weight is 457 g/mol. The number of ether oxygens (including phenoxy) is 1. The molecule has 1 aliphatic rings. The first kappa shape index (κ1) is 26.7. The van der Waals surface area contributed by atoms with Gasteiger partial charge in [-0.3, -0.25) is 9.59 Å². The molecular weight excluding hydrogens is 416 g/mol. The predicted molar refractivity (Wildman–Crippen MR) is 134 cm³/mol. The van der Waals surface area contributed by atoms with Gasteiger partial charge in [0, 0.05) is 24.2 Å². The summed E-state index contributed by atoms with van der Waals surface area (Å²) in [5.74, 6) is 0.418. The van der Waals surface area contributed by atoms with Crippen LogP contribution < -0.4 is 10.2 Å². The topological polar surface area (TPSA) is 78.9 Å². The Labute approximate surface area is 198 Å². The monoisotopic (exact) mass is 456 g/mol. The highest BCUT2D eigenvalue weighted by molar-refractivity contribution is 6.01. The fourth-order valence-electron chi connectivity index (χ4n) is 4.46. The number of phenolic OH excluding ortho intramolecular Hbond substituents is 1. The Morgan fingerprint density at radius 1 is 1.33 bits per heavy atom. The maximum Gasteiger partial charge on any atom is 0.305 e. The minimum atomic E-state index is -0.335. The third kappa shape index (κ3) is 6.94. The Hall–Kier alpha value is -2.60. The van der Waals surface area contributed by atoms with Crippen LogP contribution >= 0.6 is 0 Å². The minimum absolute atomic E-state index is 0.0818. The van der Waals surface area contributed by atoms with Crippen LogP contribution in [0.5, 0.6) is 5.75 Å². The van der Waals surface area contributed by atoms with Crippen molar-refractivity contribution in [2.24, 2.45) is 5.92 Å². The third-order valence-corrected chi connectivity index (χ3v) is 6.29. The molecule has 0 saturated carbocycles. The molecular formula is C27H40N2O4. The Bertz CT molecular complexity index is 849. The van der Waals surface area contributed by atoms with Crippen LogP contribution in [0.3, 0.4) is 0 Å². The number of carbonyl (C=O) groups excluding carboxylic acids is 2. The van der Waals surface area contributed by atoms with E-state index in [1.807, 2.05) is 17.9 Å². The van der Waals surface area contributed by atoms with E-state index in [0.29, 0.717) is 38.8 Å². The first-order chi connectivity index (χ1) is 15.9. The second-order valence-corrected chi connectivity index (χ2v) is 8.93. The highest BCUT2D eigenvalue weighted by atomic mass is 16.5. The molecule has 0 spiro atoms. The summed E-state index contributed by atoms with van der Waals surface area (Å²) >= 11 is 0. The van der Waals surface area contributed by atoms with Crippen LogP contribution in [0.2, 0.25) is 0 Å². The number of phenols is 1. The van der Waals surface area contributed by atoms with Crippen LogP contribution in [0.15, 0.2) is 31.4 Å². The number of benzene rings is 1. The lowest BCUT2D eigenvalue weighted by Crippen LogP contribution is -2.52. The number of nitrogens with zero attached hydrogens (tertiary/aromatic N) is 1. The highest BCUT2D eigenvalue weighted by Gasteiger charge is 2.35. The van der Waals surface area contributed by atoms with E-state index in [2.05, 4.69) is 25.4 Å². The molecule has 2 unspecified atom stereocenters. The van der Waals surface area contributed by atoms with E-state index < -0.39 is 0 Å². The van der Waals surface area contributed by atoms with Crippen molar-refractivity contribution in [2.45, 2.75) is 71.3 Å². The van der Waals surface area contributed by atoms with Crippen molar-refractivity contribution in [3.05, 3.63) is 48.1 Å². The van der Waals surface area contributed by atoms with Gasteiger partial charge in [-0.25, -0.2) is 0 Å². The Morgan fingerprint density at radius 3 is 2.70 bits per heavy atom. The molecule has 2 atom stereocenters. The van der Waals surface area contributed by atoms with Gasteiger partial charge in [0.2, 0.25) is 5.91 Å². The summed E-state index contributed by atoms with van der Waals surface area (Å²) in [6.07, 6.45) is 9.27. The molecule has 1 amide bonds. The number of fused-ring (bicyclic) bond motifs is 1. The molecule has 2 rings (SSSR count). The van der Waals surface area contributed by atoms with E-state index in [-0.39, 0.29) is 29.6 Å². The van der Waals surface area contributed by atoms with E-state index in [0.717, 1.165) is 48.1 Å². The number of rotatable bonds is 14. The molecule has 1 heterocycles. The first-order valence-corrected chi connectivity index (χ1v) is 12.1. The first-order valence-electron chi connectivity index (χ1n) is 12.1. The standard InChI is InChI=1S/C27H40N2O4/c1-6-9-15-29-24-17-20(11-7-2)26(31)21(12-8-3)22(24)18-23(27(29)32)28-14-10-13-19(4)16-25(30)33-5/h7-8,17,19,23,28,31H,2-3,6,9-16,18H2,1,4-5H3. The Morgan fingerprint density at radius 2 is 2.06 bits per heavy atom. The molecule has 1 aliphatic heterocycles. The number of carbonyl (C=O) groups is 2. The number of allylic oxidation sites excluding steroid dienone is 2. The smallest absolute Gasteiger partial charge is 0.305 e. The zero-order valence-corrected chi connectivity index (χ0v) is 20.5. The third-order valence-electron chi connectivity index (χ3n) is 6.29. The van der Waals surface area contributed by atoms with Crippen LogP contribution in [0.1, 0.15) is 62.6 Å². The van der Waals surface area contributed by atoms with E-state index in [1.54, 1.807) is 12.2 Å². The van der Waals surface area contributed by atoms with E-state index >= 15 is 0 Å². The number of amides is 1. The van der Waals surface area contributed by atoms with Gasteiger partial charge in [-0.2, -0.15) is 0 Å². The summed E-state index contributed by atoms with van der Waals surface area (Å²) < 4.78 is 4.74. The van der Waals surface area contributed by atoms with E-state index in [4.69, 9.17) is 4.74 Å². The van der Waals surface area contributed by atoms with Crippen LogP contribution in [0, 0.1) is 5.92 Å². The number of unbranched alkanes of at least 4 members (excludes halogenated alkanes) is 1. The quantitative estimate of drug-likeness (QED) is 0.245. The number of methoxy groups -OCH3 is 1. The SMILES string of the molecule is C=CCc1cc2c(c(CC=C)c1O)CC(NCCCC(C)CC(=O)OC)C(=O)N2CCCC. The summed E-state index contributed by atoms with van der Waals surface area (Å²) in [6, 6.07) is 1.62. The maximum atomic E-state index is 13.4. The zero-order chi connectivity index (χ0) is 24.4. The molecule has 0 saturated heterocycles. The minimum Gasteiger partial charge on any atom is -0.507 e. The van der Waals surface area contributed by atoms with Gasteiger partial charge in [0.25, 0.3) is 0 Å². The van der Waals surface area contributed by atoms with Gasteiger partial charge in [0.15, 0.2) is 0 Å². The summed E-state index contributed by atoms with van der Waals surface area (Å²) in [7, 11) is 1.41. The molecule has 0 aliphatic carbocycles. The van der Waals surface area contributed by atoms with Crippen molar-refractivity contribution >= 4 is 17.6 Å². The van der Waals surface area contributed by atoms with Gasteiger partial charge < -0.3 is 20.1 Å². The lowest BCUT2D eigenvalue weighted by molar-refractivity contribution is -0.141. The molecule has 0 bridgehead atoms. The Kier molecular flexibility index (Phi) is 10.7. The number of hydrogen-bond donors (Lipinski definition) is 2. The maximum absolute atomic E-state index is 13.4. The van der Waals surface area contributed by atoms with Crippen LogP contribution in [0.25, 0.3) is 0 Å². The van der Waals surface area contributed by atoms with Crippen molar-refractivity contribution in [1.29, 1.82) is 0 Å². The van der Waals surface area contributed by atoms with Gasteiger partial charge in [0.1, 0.15) is 5.75 Å². The average Bonchev–Trinajstić information content (AvgIpc) is 2.79. The van der Waals surface area contributed by atoms with Gasteiger partial charge in [-0.15, -0.1) is 13.2 Å². The Balaban J connectivity index is 2.23. The molecule has 0 radical (unpaired) electrons. The number of nitrogens with one attached hydrogen (secondary N) is 1. The van der Waals surface area contributed by atoms with Crippen LogP contribution in [-0.4, -0.2) is 43.2 Å². The summed E-state index contributed by atoms with van der Waals surface area (Å²) in [4.78, 5) is 26.8. The number of esters is 1. The summed E-state index contributed by atoms with van der Waals surface area (Å²) in [5, 5.41) is 14.4. The number of hydrogen-bond acceptors (Lipinski definition) is 5. The second-order valence-electron chi connectivity index (χ2n) is 8.93. The van der Waals surface area contributed by atoms with Crippen molar-refractivity contribution in [3.8, 4) is 5.75 Å². The van der Waals surface area contributed by atoms with Crippen LogP contribution in [0.4, 0.5) is 5.69 Å². The van der Waals surface area contributed by atoms with Gasteiger partial charge >= 0.3 is 5.97 Å². The highest BCUT2D eigenvalue weighted by Crippen LogP contribution is 2.39. The molecule has 2 N–H and O–H groups in total. The number of aromatic hydroxyl groups is 1. The second kappa shape index (κ2) is 13.2. The molecule has 1 aromatic rings. The van der Waals surface area contributed by atoms with Gasteiger partial charge in [-0.1, -0.05) is 32.4 Å². The van der Waals surface area contributed by atoms with E-state index in [9.17, 15) is 14.7 Å². The molecule has 1 aromatic carbocycles. The molecule has 33 heavy (non-hydrogen) atoms. The van der Waals surface area contributed by atoms with Gasteiger partial charge in [-0.05, 0) is 68.2 Å². The molecule has 0 aromatic heterocycles. The summed E-state index contributed by atoms with van der Waals surface area (Å²) in [5.41, 5.74) is 3.57. The normalized spacial score (nSPS) is 16.3. The van der Waals surface area contributed by atoms with Gasteiger partial charge in [0.05, 0.1) is 13.2 Å². The summed E-state index contributed by atoms with van der Waals surface area (Å²) in [6.45, 7) is 13.2. The van der Waals surface area contributed by atoms with Crippen molar-refractivity contribution in [1.82, 2.24) is 5.32 Å². The molecule has 0 fully saturated rings. The van der Waals surface area contributed by atoms with E-state index in [1.165, 1.54) is 7.11 Å². The largest absolute Gasteiger partial charge is 0.507 e. The molecule has 6 heteroatoms. The number of anilines is 1. The van der Waals surface area contributed by atoms with Crippen molar-refractivity contribution < 1.29 is 19.4 Å². The fourth-order valence-corrected chi connectivity index (χ4v) is 4.46. The zero-order valence-electron chi connectivity index (χ0n) is 20.5. The lowest BCUT2D eigenvalue weighted by Gasteiger charge is -2.36. The molecule has 6 nitrogen and oxygen atoms in total. The predicted octanol–water partition coefficient (Wildman–Crippen LogP) is 4.48. The molecule has 182 valence electrons. The van der Waals surface area contributed by atoms with Crippen molar-refractivity contribution in [3.63, 3.8) is 0 Å². The van der Waals surface area contributed by atoms with Crippen LogP contribution in [-0.2, 0) is 33.6 Å². The lowest BCUT2D eigenvalue weighted by atomic mass is 9.88.